The number of aromatic nitrogens is 5. The molecule has 45 heavy (non-hydrogen) atoms. The van der Waals surface area contributed by atoms with E-state index in [0.717, 1.165) is 52.1 Å². The van der Waals surface area contributed by atoms with E-state index in [2.05, 4.69) is 15.3 Å². The Morgan fingerprint density at radius 3 is 2.47 bits per heavy atom. The van der Waals surface area contributed by atoms with Gasteiger partial charge < -0.3 is 19.5 Å². The Balaban J connectivity index is 1.44. The lowest BCUT2D eigenvalue weighted by Crippen LogP contribution is -2.26. The molecule has 0 spiro atoms. The highest BCUT2D eigenvalue weighted by Crippen LogP contribution is 2.40. The Labute approximate surface area is 262 Å². The van der Waals surface area contributed by atoms with Crippen molar-refractivity contribution >= 4 is 22.9 Å². The van der Waals surface area contributed by atoms with Gasteiger partial charge >= 0.3 is 6.09 Å². The second-order valence-electron chi connectivity index (χ2n) is 12.6. The zero-order valence-electron chi connectivity index (χ0n) is 26.5. The van der Waals surface area contributed by atoms with Crippen LogP contribution in [0.3, 0.4) is 0 Å². The first kappa shape index (κ1) is 30.1. The van der Waals surface area contributed by atoms with E-state index in [4.69, 9.17) is 24.2 Å². The number of anilines is 1. The number of carbonyl (C=O) groups excluding carboxylic acids is 1. The third-order valence-corrected chi connectivity index (χ3v) is 7.28. The quantitative estimate of drug-likeness (QED) is 0.181. The van der Waals surface area contributed by atoms with Crippen molar-refractivity contribution < 1.29 is 19.0 Å². The first-order valence-corrected chi connectivity index (χ1v) is 15.2. The van der Waals surface area contributed by atoms with Gasteiger partial charge in [0.15, 0.2) is 0 Å². The average molecular weight is 607 g/mol. The van der Waals surface area contributed by atoms with E-state index in [-0.39, 0.29) is 6.04 Å². The number of hydrogen-bond acceptors (Lipinski definition) is 9. The number of hydrogen-bond donors (Lipinski definition) is 1. The summed E-state index contributed by atoms with van der Waals surface area (Å²) >= 11 is 0. The molecule has 3 heterocycles. The van der Waals surface area contributed by atoms with Gasteiger partial charge in [-0.2, -0.15) is 4.98 Å². The summed E-state index contributed by atoms with van der Waals surface area (Å²) < 4.78 is 18.7. The first-order chi connectivity index (χ1) is 21.6. The lowest BCUT2D eigenvalue weighted by Gasteiger charge is -2.19. The van der Waals surface area contributed by atoms with Gasteiger partial charge in [0.05, 0.1) is 35.9 Å². The molecule has 10 heteroatoms. The highest BCUT2D eigenvalue weighted by atomic mass is 16.6. The fourth-order valence-electron chi connectivity index (χ4n) is 4.99. The minimum absolute atomic E-state index is 0.0849. The number of rotatable bonds is 9. The summed E-state index contributed by atoms with van der Waals surface area (Å²) in [6.45, 7) is 9.89. The second kappa shape index (κ2) is 12.2. The molecule has 0 radical (unpaired) electrons. The predicted octanol–water partition coefficient (Wildman–Crippen LogP) is 7.62. The Bertz CT molecular complexity index is 1840. The van der Waals surface area contributed by atoms with Crippen molar-refractivity contribution in [1.29, 1.82) is 0 Å². The number of ether oxygens (including phenoxy) is 3. The zero-order valence-corrected chi connectivity index (χ0v) is 26.5. The van der Waals surface area contributed by atoms with Gasteiger partial charge in [-0.15, -0.1) is 0 Å². The molecule has 10 nitrogen and oxygen atoms in total. The van der Waals surface area contributed by atoms with Crippen LogP contribution in [-0.2, 0) is 11.3 Å². The average Bonchev–Trinajstić information content (AvgIpc) is 3.79. The maximum absolute atomic E-state index is 13.4. The largest absolute Gasteiger partial charge is 0.497 e. The van der Waals surface area contributed by atoms with Gasteiger partial charge in [0.25, 0.3) is 0 Å². The molecule has 6 rings (SSSR count). The lowest BCUT2D eigenvalue weighted by molar-refractivity contribution is 0.0544. The third-order valence-electron chi connectivity index (χ3n) is 7.28. The van der Waals surface area contributed by atoms with Crippen LogP contribution in [0.4, 0.5) is 10.7 Å². The Hall–Kier alpha value is -4.99. The molecule has 0 atom stereocenters. The van der Waals surface area contributed by atoms with E-state index in [1.54, 1.807) is 25.6 Å². The van der Waals surface area contributed by atoms with Crippen LogP contribution in [0, 0.1) is 0 Å². The topological polar surface area (TPSA) is 113 Å². The fourth-order valence-corrected chi connectivity index (χ4v) is 4.99. The summed E-state index contributed by atoms with van der Waals surface area (Å²) in [5, 5.41) is 4.11. The van der Waals surface area contributed by atoms with Crippen molar-refractivity contribution in [2.45, 2.75) is 71.6 Å². The van der Waals surface area contributed by atoms with Crippen LogP contribution in [0.25, 0.3) is 33.4 Å². The molecule has 1 aliphatic rings. The molecule has 1 saturated carbocycles. The summed E-state index contributed by atoms with van der Waals surface area (Å²) in [7, 11) is 1.64. The van der Waals surface area contributed by atoms with Gasteiger partial charge in [0.2, 0.25) is 11.8 Å². The summed E-state index contributed by atoms with van der Waals surface area (Å²) in [6, 6.07) is 15.5. The number of benzene rings is 2. The lowest BCUT2D eigenvalue weighted by atomic mass is 10.1. The van der Waals surface area contributed by atoms with Crippen molar-refractivity contribution in [3.63, 3.8) is 0 Å². The summed E-state index contributed by atoms with van der Waals surface area (Å²) in [5.74, 6) is 2.08. The van der Waals surface area contributed by atoms with Gasteiger partial charge in [0, 0.05) is 46.9 Å². The molecule has 2 aromatic carbocycles. The van der Waals surface area contributed by atoms with E-state index in [1.165, 1.54) is 4.57 Å². The first-order valence-electron chi connectivity index (χ1n) is 15.2. The predicted molar refractivity (Wildman–Crippen MR) is 174 cm³/mol. The third kappa shape index (κ3) is 7.06. The van der Waals surface area contributed by atoms with Crippen LogP contribution >= 0.6 is 0 Å². The molecular weight excluding hydrogens is 568 g/mol. The van der Waals surface area contributed by atoms with Crippen molar-refractivity contribution in [2.24, 2.45) is 0 Å². The number of methoxy groups -OCH3 is 1. The van der Waals surface area contributed by atoms with Crippen LogP contribution < -0.4 is 14.8 Å². The molecule has 3 aromatic heterocycles. The van der Waals surface area contributed by atoms with Crippen molar-refractivity contribution in [2.75, 3.05) is 12.4 Å². The van der Waals surface area contributed by atoms with E-state index in [9.17, 15) is 4.79 Å². The number of carbonyl (C=O) groups is 1. The van der Waals surface area contributed by atoms with Gasteiger partial charge in [0.1, 0.15) is 18.0 Å². The van der Waals surface area contributed by atoms with Crippen LogP contribution in [-0.4, -0.2) is 49.3 Å². The minimum atomic E-state index is -0.668. The maximum Gasteiger partial charge on any atom is 0.419 e. The van der Waals surface area contributed by atoms with Crippen LogP contribution in [0.1, 0.15) is 64.6 Å². The molecule has 0 bridgehead atoms. The smallest absolute Gasteiger partial charge is 0.419 e. The Kier molecular flexibility index (Phi) is 8.14. The van der Waals surface area contributed by atoms with E-state index in [1.807, 2.05) is 83.3 Å². The van der Waals surface area contributed by atoms with Crippen molar-refractivity contribution in [1.82, 2.24) is 24.5 Å². The molecule has 5 aromatic rings. The zero-order chi connectivity index (χ0) is 31.7. The molecule has 1 fully saturated rings. The second-order valence-corrected chi connectivity index (χ2v) is 12.6. The van der Waals surface area contributed by atoms with Crippen LogP contribution in [0.2, 0.25) is 0 Å². The summed E-state index contributed by atoms with van der Waals surface area (Å²) in [5.41, 5.74) is 5.00. The summed E-state index contributed by atoms with van der Waals surface area (Å²) in [6.07, 6.45) is 7.20. The highest BCUT2D eigenvalue weighted by Gasteiger charge is 2.26. The minimum Gasteiger partial charge on any atom is -0.497 e. The molecule has 0 saturated heterocycles. The van der Waals surface area contributed by atoms with Crippen molar-refractivity contribution in [3.8, 4) is 34.1 Å². The van der Waals surface area contributed by atoms with Crippen molar-refractivity contribution in [3.05, 3.63) is 78.4 Å². The molecular formula is C35H38N6O4. The highest BCUT2D eigenvalue weighted by molar-refractivity contribution is 6.01. The standard InChI is InChI=1S/C35H38N6O4/c1-21(2)37-33-39-28(16-32(40-33)44-20-22-7-12-25(43-6)13-8-22)27-19-41(34(42)45-35(3,4)5)31-14-11-24(15-26(27)31)30-18-36-17-29(38-30)23-9-10-23/h7-8,11-19,21,23H,9-10,20H2,1-6H3,(H,37,39,40). The number of nitrogens with zero attached hydrogens (tertiary/aromatic N) is 5. The normalized spacial score (nSPS) is 13.2. The fraction of sp³-hybridized carbons (Fsp3) is 0.343. The van der Waals surface area contributed by atoms with Gasteiger partial charge in [-0.05, 0) is 77.3 Å². The van der Waals surface area contributed by atoms with E-state index >= 15 is 0 Å². The maximum atomic E-state index is 13.4. The summed E-state index contributed by atoms with van der Waals surface area (Å²) in [4.78, 5) is 32.3. The molecule has 232 valence electrons. The Morgan fingerprint density at radius 2 is 1.78 bits per heavy atom. The van der Waals surface area contributed by atoms with E-state index in [0.29, 0.717) is 35.6 Å². The Morgan fingerprint density at radius 1 is 1.00 bits per heavy atom. The van der Waals surface area contributed by atoms with Crippen LogP contribution in [0.15, 0.2) is 67.1 Å². The van der Waals surface area contributed by atoms with Crippen LogP contribution in [0.5, 0.6) is 11.6 Å². The molecule has 1 N–H and O–H groups in total. The number of fused-ring (bicyclic) bond motifs is 1. The molecule has 0 amide bonds. The van der Waals surface area contributed by atoms with Gasteiger partial charge in [-0.3, -0.25) is 9.55 Å². The molecule has 0 aliphatic heterocycles. The van der Waals surface area contributed by atoms with Gasteiger partial charge in [-0.1, -0.05) is 18.2 Å². The number of nitrogens with one attached hydrogen (secondary N) is 1. The molecule has 0 unspecified atom stereocenters. The SMILES string of the molecule is COc1ccc(COc2cc(-c3cn(C(=O)OC(C)(C)C)c4ccc(-c5cncc(C6CC6)n5)cc34)nc(NC(C)C)n2)cc1. The molecule has 1 aliphatic carbocycles. The van der Waals surface area contributed by atoms with Gasteiger partial charge in [-0.25, -0.2) is 14.8 Å². The van der Waals surface area contributed by atoms with E-state index < -0.39 is 11.7 Å². The monoisotopic (exact) mass is 606 g/mol.